The predicted octanol–water partition coefficient (Wildman–Crippen LogP) is 2.12. The highest BCUT2D eigenvalue weighted by molar-refractivity contribution is 7.91. The van der Waals surface area contributed by atoms with Crippen molar-refractivity contribution in [2.75, 3.05) is 25.2 Å². The average Bonchev–Trinajstić information content (AvgIpc) is 2.82. The first kappa shape index (κ1) is 31.9. The van der Waals surface area contributed by atoms with Crippen molar-refractivity contribution in [2.24, 2.45) is 5.92 Å². The maximum atomic E-state index is 12.7. The summed E-state index contributed by atoms with van der Waals surface area (Å²) in [6, 6.07) is 16.2. The van der Waals surface area contributed by atoms with Crippen LogP contribution < -0.4 is 15.4 Å². The van der Waals surface area contributed by atoms with E-state index >= 15 is 0 Å². The number of amides is 1. The zero-order valence-corrected chi connectivity index (χ0v) is 22.7. The van der Waals surface area contributed by atoms with Gasteiger partial charge < -0.3 is 25.6 Å². The van der Waals surface area contributed by atoms with E-state index < -0.39 is 39.7 Å². The number of aliphatic hydroxyl groups excluding tert-OH is 2. The standard InChI is InChI=1S/C26H38N2O6S.ClH/c1-19(2)12-13-35(32,33)18-25(30)26(31)28-23(15-20-8-5-4-6-9-20)24(29)17-27-16-21-10-7-11-22(14-21)34-3;/h4-11,14,19,23-25,27,29-30H,12-13,15-18H2,1-3H3,(H,28,31);1H/t23-,24-,25?;/m0./s1. The lowest BCUT2D eigenvalue weighted by atomic mass is 10.0. The largest absolute Gasteiger partial charge is 0.497 e. The van der Waals surface area contributed by atoms with E-state index in [1.54, 1.807) is 7.11 Å². The number of nitrogens with one attached hydrogen (secondary N) is 2. The molecule has 0 spiro atoms. The quantitative estimate of drug-likeness (QED) is 0.272. The number of carbonyl (C=O) groups is 1. The molecule has 10 heteroatoms. The molecule has 202 valence electrons. The average molecular weight is 543 g/mol. The fraction of sp³-hybridized carbons (Fsp3) is 0.500. The fourth-order valence-corrected chi connectivity index (χ4v) is 5.16. The van der Waals surface area contributed by atoms with Gasteiger partial charge in [-0.15, -0.1) is 12.4 Å². The summed E-state index contributed by atoms with van der Waals surface area (Å²) < 4.78 is 29.8. The normalized spacial score (nSPS) is 13.9. The third-order valence-electron chi connectivity index (χ3n) is 5.63. The first-order chi connectivity index (χ1) is 16.6. The number of hydrogen-bond acceptors (Lipinski definition) is 7. The highest BCUT2D eigenvalue weighted by Crippen LogP contribution is 2.13. The Bertz CT molecular complexity index is 1020. The Morgan fingerprint density at radius 1 is 1.03 bits per heavy atom. The number of hydrogen-bond donors (Lipinski definition) is 4. The van der Waals surface area contributed by atoms with E-state index in [0.717, 1.165) is 16.9 Å². The van der Waals surface area contributed by atoms with Crippen LogP contribution in [0.2, 0.25) is 0 Å². The van der Waals surface area contributed by atoms with Crippen molar-refractivity contribution >= 4 is 28.2 Å². The van der Waals surface area contributed by atoms with Gasteiger partial charge >= 0.3 is 0 Å². The van der Waals surface area contributed by atoms with Crippen LogP contribution in [0.15, 0.2) is 54.6 Å². The van der Waals surface area contributed by atoms with Crippen LogP contribution in [0.4, 0.5) is 0 Å². The van der Waals surface area contributed by atoms with Crippen molar-refractivity contribution in [3.63, 3.8) is 0 Å². The SMILES string of the molecule is COc1cccc(CNC[C@H](O)[C@H](Cc2ccccc2)NC(=O)C(O)CS(=O)(=O)CCC(C)C)c1.Cl. The van der Waals surface area contributed by atoms with Gasteiger partial charge in [-0.1, -0.05) is 56.3 Å². The van der Waals surface area contributed by atoms with Gasteiger partial charge in [0.2, 0.25) is 5.91 Å². The van der Waals surface area contributed by atoms with Gasteiger partial charge in [-0.25, -0.2) is 8.42 Å². The molecule has 1 amide bonds. The minimum atomic E-state index is -3.58. The van der Waals surface area contributed by atoms with E-state index in [0.29, 0.717) is 19.4 Å². The highest BCUT2D eigenvalue weighted by Gasteiger charge is 2.28. The molecule has 2 aromatic rings. The minimum absolute atomic E-state index is 0. The second-order valence-electron chi connectivity index (χ2n) is 9.17. The molecule has 0 bridgehead atoms. The molecule has 0 heterocycles. The maximum Gasteiger partial charge on any atom is 0.250 e. The molecule has 3 atom stereocenters. The van der Waals surface area contributed by atoms with Crippen molar-refractivity contribution in [3.05, 3.63) is 65.7 Å². The monoisotopic (exact) mass is 542 g/mol. The molecular weight excluding hydrogens is 504 g/mol. The lowest BCUT2D eigenvalue weighted by Crippen LogP contribution is -2.52. The maximum absolute atomic E-state index is 12.7. The third kappa shape index (κ3) is 11.7. The summed E-state index contributed by atoms with van der Waals surface area (Å²) in [5, 5.41) is 27.0. The summed E-state index contributed by atoms with van der Waals surface area (Å²) in [6.07, 6.45) is -1.90. The van der Waals surface area contributed by atoms with Crippen LogP contribution in [0.3, 0.4) is 0 Å². The second-order valence-corrected chi connectivity index (χ2v) is 11.4. The number of methoxy groups -OCH3 is 1. The van der Waals surface area contributed by atoms with E-state index in [-0.39, 0.29) is 30.6 Å². The van der Waals surface area contributed by atoms with E-state index in [1.165, 1.54) is 0 Å². The first-order valence-electron chi connectivity index (χ1n) is 11.8. The Kier molecular flexibility index (Phi) is 14.0. The van der Waals surface area contributed by atoms with E-state index in [9.17, 15) is 23.4 Å². The Labute approximate surface area is 220 Å². The zero-order valence-electron chi connectivity index (χ0n) is 21.1. The summed E-state index contributed by atoms with van der Waals surface area (Å²) in [5.74, 6) is -0.611. The predicted molar refractivity (Wildman–Crippen MR) is 144 cm³/mol. The second kappa shape index (κ2) is 15.8. The van der Waals surface area contributed by atoms with Gasteiger partial charge in [0.1, 0.15) is 11.9 Å². The molecule has 2 rings (SSSR count). The molecule has 8 nitrogen and oxygen atoms in total. The van der Waals surface area contributed by atoms with E-state index in [1.807, 2.05) is 68.4 Å². The van der Waals surface area contributed by atoms with Crippen LogP contribution in [0.1, 0.15) is 31.4 Å². The van der Waals surface area contributed by atoms with Gasteiger partial charge in [0.25, 0.3) is 0 Å². The molecule has 0 saturated carbocycles. The van der Waals surface area contributed by atoms with E-state index in [2.05, 4.69) is 10.6 Å². The Morgan fingerprint density at radius 2 is 1.69 bits per heavy atom. The minimum Gasteiger partial charge on any atom is -0.497 e. The van der Waals surface area contributed by atoms with Gasteiger partial charge in [0, 0.05) is 13.1 Å². The molecule has 2 aromatic carbocycles. The molecule has 36 heavy (non-hydrogen) atoms. The first-order valence-corrected chi connectivity index (χ1v) is 13.7. The highest BCUT2D eigenvalue weighted by atomic mass is 35.5. The van der Waals surface area contributed by atoms with Crippen molar-refractivity contribution in [1.82, 2.24) is 10.6 Å². The zero-order chi connectivity index (χ0) is 25.8. The number of carbonyl (C=O) groups excluding carboxylic acids is 1. The molecule has 0 aliphatic rings. The molecule has 1 unspecified atom stereocenters. The van der Waals surface area contributed by atoms with E-state index in [4.69, 9.17) is 4.74 Å². The van der Waals surface area contributed by atoms with Crippen LogP contribution in [-0.2, 0) is 27.6 Å². The topological polar surface area (TPSA) is 125 Å². The molecule has 0 aliphatic carbocycles. The van der Waals surface area contributed by atoms with Crippen molar-refractivity contribution < 1.29 is 28.2 Å². The summed E-state index contributed by atoms with van der Waals surface area (Å²) in [4.78, 5) is 12.7. The fourth-order valence-electron chi connectivity index (χ4n) is 3.53. The number of aliphatic hydroxyl groups is 2. The van der Waals surface area contributed by atoms with Crippen molar-refractivity contribution in [3.8, 4) is 5.75 Å². The van der Waals surface area contributed by atoms with Crippen LogP contribution >= 0.6 is 12.4 Å². The van der Waals surface area contributed by atoms with Gasteiger partial charge in [-0.3, -0.25) is 4.79 Å². The van der Waals surface area contributed by atoms with Crippen LogP contribution in [0.25, 0.3) is 0 Å². The smallest absolute Gasteiger partial charge is 0.250 e. The number of benzene rings is 2. The molecule has 4 N–H and O–H groups in total. The molecule has 0 aromatic heterocycles. The third-order valence-corrected chi connectivity index (χ3v) is 7.31. The lowest BCUT2D eigenvalue weighted by Gasteiger charge is -2.26. The van der Waals surface area contributed by atoms with Gasteiger partial charge in [-0.2, -0.15) is 0 Å². The summed E-state index contributed by atoms with van der Waals surface area (Å²) in [7, 11) is -1.99. The van der Waals surface area contributed by atoms with Crippen molar-refractivity contribution in [2.45, 2.75) is 51.5 Å². The summed E-state index contributed by atoms with van der Waals surface area (Å²) in [5.41, 5.74) is 1.87. The Hall–Kier alpha value is -2.17. The Morgan fingerprint density at radius 3 is 2.33 bits per heavy atom. The van der Waals surface area contributed by atoms with Crippen LogP contribution in [-0.4, -0.2) is 67.9 Å². The molecule has 0 radical (unpaired) electrons. The van der Waals surface area contributed by atoms with Crippen molar-refractivity contribution in [1.29, 1.82) is 0 Å². The van der Waals surface area contributed by atoms with Gasteiger partial charge in [0.15, 0.2) is 9.84 Å². The molecule has 0 fully saturated rings. The van der Waals surface area contributed by atoms with Gasteiger partial charge in [-0.05, 0) is 42.0 Å². The summed E-state index contributed by atoms with van der Waals surface area (Å²) in [6.45, 7) is 4.49. The van der Waals surface area contributed by atoms with Crippen LogP contribution in [0.5, 0.6) is 5.75 Å². The number of rotatable bonds is 15. The number of sulfone groups is 1. The Balaban J connectivity index is 0.00000648. The summed E-state index contributed by atoms with van der Waals surface area (Å²) >= 11 is 0. The molecular formula is C26H39ClN2O6S. The van der Waals surface area contributed by atoms with Crippen LogP contribution in [0, 0.1) is 5.92 Å². The molecule has 0 saturated heterocycles. The lowest BCUT2D eigenvalue weighted by molar-refractivity contribution is -0.129. The van der Waals surface area contributed by atoms with Gasteiger partial charge in [0.05, 0.1) is 30.8 Å². The molecule has 0 aliphatic heterocycles. The number of halogens is 1. The number of ether oxygens (including phenoxy) is 1.